The van der Waals surface area contributed by atoms with Crippen molar-refractivity contribution < 1.29 is 23.5 Å². The van der Waals surface area contributed by atoms with E-state index in [2.05, 4.69) is 15.1 Å². The third kappa shape index (κ3) is 5.85. The van der Waals surface area contributed by atoms with Gasteiger partial charge in [-0.25, -0.2) is 9.18 Å². The number of thioether (sulfide) groups is 1. The number of Topliss-reactive ketones (excluding diaryl/α,β-unsaturated/α-hetero) is 1. The average molecular weight is 598 g/mol. The van der Waals surface area contributed by atoms with Crippen molar-refractivity contribution in [1.29, 1.82) is 0 Å². The summed E-state index contributed by atoms with van der Waals surface area (Å²) in [6, 6.07) is 9.63. The van der Waals surface area contributed by atoms with Gasteiger partial charge in [-0.1, -0.05) is 23.4 Å². The van der Waals surface area contributed by atoms with Crippen LogP contribution in [0.5, 0.6) is 0 Å². The second kappa shape index (κ2) is 11.3. The fourth-order valence-electron chi connectivity index (χ4n) is 4.95. The number of carbonyl (C=O) groups is 2. The highest BCUT2D eigenvalue weighted by Crippen LogP contribution is 2.38. The van der Waals surface area contributed by atoms with Gasteiger partial charge in [0.2, 0.25) is 11.3 Å². The largest absolute Gasteiger partial charge is 0.477 e. The summed E-state index contributed by atoms with van der Waals surface area (Å²) >= 11 is 7.05. The van der Waals surface area contributed by atoms with Gasteiger partial charge in [0, 0.05) is 54.4 Å². The van der Waals surface area contributed by atoms with Crippen LogP contribution in [0.3, 0.4) is 0 Å². The SMILES string of the molecule is O=C(CSc1nnc(CN2CCN(c3cc4c(cc3F)c(=O)c(C(=O)O)cn4C3CC3)CC2)o1)c1ccc(Cl)cc1. The van der Waals surface area contributed by atoms with Crippen LogP contribution in [0.4, 0.5) is 10.1 Å². The van der Waals surface area contributed by atoms with E-state index in [1.165, 1.54) is 24.0 Å². The van der Waals surface area contributed by atoms with Crippen LogP contribution in [-0.4, -0.2) is 68.5 Å². The van der Waals surface area contributed by atoms with Gasteiger partial charge in [0.25, 0.3) is 5.22 Å². The Labute approximate surface area is 242 Å². The van der Waals surface area contributed by atoms with Crippen LogP contribution in [0.2, 0.25) is 5.02 Å². The Hall–Kier alpha value is -3.74. The van der Waals surface area contributed by atoms with Gasteiger partial charge in [-0.3, -0.25) is 14.5 Å². The first-order valence-corrected chi connectivity index (χ1v) is 14.5. The average Bonchev–Trinajstić information content (AvgIpc) is 3.71. The molecule has 1 saturated carbocycles. The Morgan fingerprint density at radius 3 is 2.51 bits per heavy atom. The number of benzene rings is 2. The molecule has 212 valence electrons. The summed E-state index contributed by atoms with van der Waals surface area (Å²) in [6.07, 6.45) is 3.16. The Morgan fingerprint density at radius 2 is 1.83 bits per heavy atom. The number of aromatic carboxylic acids is 1. The maximum Gasteiger partial charge on any atom is 0.341 e. The van der Waals surface area contributed by atoms with Gasteiger partial charge in [-0.2, -0.15) is 0 Å². The van der Waals surface area contributed by atoms with E-state index in [1.807, 2.05) is 4.90 Å². The number of hydrogen-bond acceptors (Lipinski definition) is 9. The molecule has 13 heteroatoms. The summed E-state index contributed by atoms with van der Waals surface area (Å²) in [5.74, 6) is -1.35. The lowest BCUT2D eigenvalue weighted by Gasteiger charge is -2.35. The van der Waals surface area contributed by atoms with Gasteiger partial charge in [-0.05, 0) is 49.2 Å². The van der Waals surface area contributed by atoms with Crippen LogP contribution in [0, 0.1) is 5.82 Å². The van der Waals surface area contributed by atoms with Crippen molar-refractivity contribution in [2.75, 3.05) is 36.8 Å². The Balaban J connectivity index is 1.09. The van der Waals surface area contributed by atoms with E-state index in [0.717, 1.165) is 12.8 Å². The minimum absolute atomic E-state index is 0.0695. The second-order valence-corrected chi connectivity index (χ2v) is 11.4. The first-order chi connectivity index (χ1) is 19.8. The maximum atomic E-state index is 15.3. The number of ketones is 1. The molecule has 1 saturated heterocycles. The number of halogens is 2. The third-order valence-electron chi connectivity index (χ3n) is 7.28. The predicted octanol–water partition coefficient (Wildman–Crippen LogP) is 4.51. The molecule has 1 aliphatic carbocycles. The molecule has 2 aromatic carbocycles. The molecule has 2 fully saturated rings. The fourth-order valence-corrected chi connectivity index (χ4v) is 5.75. The van der Waals surface area contributed by atoms with Gasteiger partial charge < -0.3 is 19.0 Å². The zero-order chi connectivity index (χ0) is 28.7. The van der Waals surface area contributed by atoms with Gasteiger partial charge in [0.15, 0.2) is 5.78 Å². The lowest BCUT2D eigenvalue weighted by molar-refractivity contribution is 0.0694. The molecule has 0 spiro atoms. The molecule has 2 aromatic heterocycles. The Bertz CT molecular complexity index is 1700. The first kappa shape index (κ1) is 27.4. The molecule has 41 heavy (non-hydrogen) atoms. The Kier molecular flexibility index (Phi) is 7.54. The quantitative estimate of drug-likeness (QED) is 0.218. The molecule has 6 rings (SSSR count). The van der Waals surface area contributed by atoms with Crippen molar-refractivity contribution in [2.24, 2.45) is 0 Å². The fraction of sp³-hybridized carbons (Fsp3) is 0.321. The molecule has 2 aliphatic rings. The number of hydrogen-bond donors (Lipinski definition) is 1. The summed E-state index contributed by atoms with van der Waals surface area (Å²) in [7, 11) is 0. The standard InChI is InChI=1S/C28H25ClFN5O5S/c29-17-3-1-16(2-4-17)24(36)15-41-28-32-31-25(40-28)14-33-7-9-34(10-8-33)23-12-22-19(11-21(23)30)26(37)20(27(38)39)13-35(22)18-5-6-18/h1-4,11-13,18H,5-10,14-15H2,(H,38,39). The highest BCUT2D eigenvalue weighted by Gasteiger charge is 2.29. The smallest absolute Gasteiger partial charge is 0.341 e. The van der Waals surface area contributed by atoms with Crippen LogP contribution in [0.15, 0.2) is 57.0 Å². The molecule has 0 amide bonds. The number of nitrogens with zero attached hydrogens (tertiary/aromatic N) is 5. The molecule has 0 radical (unpaired) electrons. The first-order valence-electron chi connectivity index (χ1n) is 13.1. The monoisotopic (exact) mass is 597 g/mol. The lowest BCUT2D eigenvalue weighted by atomic mass is 10.1. The third-order valence-corrected chi connectivity index (χ3v) is 8.35. The summed E-state index contributed by atoms with van der Waals surface area (Å²) in [5.41, 5.74) is 0.470. The highest BCUT2D eigenvalue weighted by molar-refractivity contribution is 7.99. The van der Waals surface area contributed by atoms with E-state index in [1.54, 1.807) is 34.9 Å². The molecule has 1 N–H and O–H groups in total. The van der Waals surface area contributed by atoms with E-state index < -0.39 is 17.2 Å². The van der Waals surface area contributed by atoms with Crippen LogP contribution < -0.4 is 10.3 Å². The molecule has 0 unspecified atom stereocenters. The molecule has 1 aliphatic heterocycles. The van der Waals surface area contributed by atoms with Crippen LogP contribution >= 0.6 is 23.4 Å². The normalized spacial score (nSPS) is 15.9. The van der Waals surface area contributed by atoms with Gasteiger partial charge in [0.05, 0.1) is 23.5 Å². The van der Waals surface area contributed by atoms with Crippen LogP contribution in [-0.2, 0) is 6.54 Å². The number of anilines is 1. The number of aromatic nitrogens is 3. The molecular formula is C28H25ClFN5O5S. The number of fused-ring (bicyclic) bond motifs is 1. The van der Waals surface area contributed by atoms with Crippen molar-refractivity contribution in [2.45, 2.75) is 30.7 Å². The van der Waals surface area contributed by atoms with E-state index in [9.17, 15) is 19.5 Å². The summed E-state index contributed by atoms with van der Waals surface area (Å²) in [6.45, 7) is 2.73. The number of carboxylic acids is 1. The maximum absolute atomic E-state index is 15.3. The molecule has 4 aromatic rings. The summed E-state index contributed by atoms with van der Waals surface area (Å²) in [4.78, 5) is 40.8. The number of pyridine rings is 1. The van der Waals surface area contributed by atoms with Crippen molar-refractivity contribution in [3.63, 3.8) is 0 Å². The molecule has 0 atom stereocenters. The van der Waals surface area contributed by atoms with Gasteiger partial charge in [-0.15, -0.1) is 10.2 Å². The zero-order valence-electron chi connectivity index (χ0n) is 21.8. The molecule has 0 bridgehead atoms. The molecular weight excluding hydrogens is 573 g/mol. The van der Waals surface area contributed by atoms with E-state index in [0.29, 0.717) is 65.6 Å². The van der Waals surface area contributed by atoms with Crippen molar-refractivity contribution in [1.82, 2.24) is 19.7 Å². The van der Waals surface area contributed by atoms with E-state index >= 15 is 4.39 Å². The second-order valence-electron chi connectivity index (χ2n) is 10.1. The van der Waals surface area contributed by atoms with Crippen molar-refractivity contribution >= 4 is 51.7 Å². The van der Waals surface area contributed by atoms with E-state index in [4.69, 9.17) is 16.0 Å². The number of piperazine rings is 1. The molecule has 10 nitrogen and oxygen atoms in total. The Morgan fingerprint density at radius 1 is 1.10 bits per heavy atom. The minimum atomic E-state index is -1.31. The number of rotatable bonds is 9. The highest BCUT2D eigenvalue weighted by atomic mass is 35.5. The number of carboxylic acid groups (broad SMARTS) is 1. The van der Waals surface area contributed by atoms with Crippen LogP contribution in [0.25, 0.3) is 10.9 Å². The topological polar surface area (TPSA) is 122 Å². The minimum Gasteiger partial charge on any atom is -0.477 e. The summed E-state index contributed by atoms with van der Waals surface area (Å²) < 4.78 is 22.8. The van der Waals surface area contributed by atoms with Crippen LogP contribution in [0.1, 0.15) is 45.5 Å². The lowest BCUT2D eigenvalue weighted by Crippen LogP contribution is -2.46. The van der Waals surface area contributed by atoms with E-state index in [-0.39, 0.29) is 28.5 Å². The van der Waals surface area contributed by atoms with Gasteiger partial charge in [0.1, 0.15) is 11.4 Å². The van der Waals surface area contributed by atoms with Gasteiger partial charge >= 0.3 is 5.97 Å². The predicted molar refractivity (Wildman–Crippen MR) is 152 cm³/mol. The van der Waals surface area contributed by atoms with Crippen molar-refractivity contribution in [3.8, 4) is 0 Å². The zero-order valence-corrected chi connectivity index (χ0v) is 23.3. The van der Waals surface area contributed by atoms with Crippen molar-refractivity contribution in [3.05, 3.63) is 80.7 Å². The summed E-state index contributed by atoms with van der Waals surface area (Å²) in [5, 5.41) is 18.6. The number of carbonyl (C=O) groups excluding carboxylic acids is 1. The molecule has 3 heterocycles.